The van der Waals surface area contributed by atoms with E-state index < -0.39 is 5.97 Å². The van der Waals surface area contributed by atoms with E-state index in [2.05, 4.69) is 5.32 Å². The van der Waals surface area contributed by atoms with Crippen LogP contribution >= 0.6 is 11.6 Å². The molecule has 0 aliphatic heterocycles. The molecule has 5 heteroatoms. The molecular weight excluding hydrogens is 252 g/mol. The van der Waals surface area contributed by atoms with Gasteiger partial charge in [-0.1, -0.05) is 11.6 Å². The van der Waals surface area contributed by atoms with Gasteiger partial charge in [0.25, 0.3) is 0 Å². The molecule has 1 saturated carbocycles. The molecule has 0 saturated heterocycles. The highest BCUT2D eigenvalue weighted by Crippen LogP contribution is 2.33. The van der Waals surface area contributed by atoms with E-state index in [9.17, 15) is 4.79 Å². The minimum absolute atomic E-state index is 0.327. The van der Waals surface area contributed by atoms with Crippen LogP contribution in [0.2, 0.25) is 5.02 Å². The number of benzene rings is 1. The molecule has 0 bridgehead atoms. The number of nitrogens with two attached hydrogens (primary N) is 1. The number of carbonyl (C=O) groups is 1. The average Bonchev–Trinajstić information content (AvgIpc) is 3.11. The number of halogens is 1. The average molecular weight is 269 g/mol. The number of nitrogen functional groups attached to an aromatic ring is 1. The third kappa shape index (κ3) is 3.07. The lowest BCUT2D eigenvalue weighted by molar-refractivity contribution is 0.0527. The van der Waals surface area contributed by atoms with Gasteiger partial charge in [0.2, 0.25) is 0 Å². The summed E-state index contributed by atoms with van der Waals surface area (Å²) in [5.41, 5.74) is 7.20. The van der Waals surface area contributed by atoms with E-state index in [1.165, 1.54) is 12.8 Å². The summed E-state index contributed by atoms with van der Waals surface area (Å²) in [6, 6.07) is 3.23. The van der Waals surface area contributed by atoms with E-state index in [1.807, 2.05) is 0 Å². The first-order chi connectivity index (χ1) is 8.61. The van der Waals surface area contributed by atoms with Gasteiger partial charge in [0.15, 0.2) is 0 Å². The van der Waals surface area contributed by atoms with Crippen molar-refractivity contribution >= 4 is 28.9 Å². The van der Waals surface area contributed by atoms with Crippen molar-refractivity contribution in [3.8, 4) is 0 Å². The van der Waals surface area contributed by atoms with Gasteiger partial charge in [0.05, 0.1) is 22.9 Å². The molecule has 0 unspecified atom stereocenters. The predicted octanol–water partition coefficient (Wildman–Crippen LogP) is 2.92. The lowest BCUT2D eigenvalue weighted by Crippen LogP contribution is -2.12. The number of hydrogen-bond donors (Lipinski definition) is 2. The van der Waals surface area contributed by atoms with Gasteiger partial charge >= 0.3 is 5.97 Å². The summed E-state index contributed by atoms with van der Waals surface area (Å²) in [5.74, 6) is 0.290. The van der Waals surface area contributed by atoms with E-state index in [1.54, 1.807) is 19.1 Å². The fourth-order valence-corrected chi connectivity index (χ4v) is 2.04. The topological polar surface area (TPSA) is 64.3 Å². The highest BCUT2D eigenvalue weighted by atomic mass is 35.5. The number of esters is 1. The maximum atomic E-state index is 11.9. The van der Waals surface area contributed by atoms with Gasteiger partial charge in [-0.15, -0.1) is 0 Å². The summed E-state index contributed by atoms with van der Waals surface area (Å²) in [7, 11) is 0. The molecule has 0 amide bonds. The van der Waals surface area contributed by atoms with Gasteiger partial charge in [-0.2, -0.15) is 0 Å². The third-order valence-electron chi connectivity index (χ3n) is 2.87. The van der Waals surface area contributed by atoms with Crippen LogP contribution < -0.4 is 11.1 Å². The van der Waals surface area contributed by atoms with E-state index in [0.717, 1.165) is 6.54 Å². The summed E-state index contributed by atoms with van der Waals surface area (Å²) >= 11 is 6.13. The Morgan fingerprint density at radius 1 is 1.56 bits per heavy atom. The molecule has 3 N–H and O–H groups in total. The van der Waals surface area contributed by atoms with Crippen LogP contribution in [0.3, 0.4) is 0 Å². The smallest absolute Gasteiger partial charge is 0.340 e. The van der Waals surface area contributed by atoms with Gasteiger partial charge in [0, 0.05) is 12.2 Å². The normalized spacial score (nSPS) is 14.3. The van der Waals surface area contributed by atoms with Crippen LogP contribution in [-0.4, -0.2) is 19.1 Å². The summed E-state index contributed by atoms with van der Waals surface area (Å²) in [6.45, 7) is 2.92. The minimum Gasteiger partial charge on any atom is -0.462 e. The Morgan fingerprint density at radius 3 is 2.89 bits per heavy atom. The molecule has 1 aliphatic rings. The molecule has 1 aromatic carbocycles. The standard InChI is InChI=1S/C13H17ClN2O2/c1-2-18-13(17)10-5-9(15)6-11(14)12(10)16-7-8-3-4-8/h5-6,8,16H,2-4,7,15H2,1H3. The van der Waals surface area contributed by atoms with Gasteiger partial charge in [-0.25, -0.2) is 4.79 Å². The molecular formula is C13H17ClN2O2. The van der Waals surface area contributed by atoms with E-state index in [0.29, 0.717) is 34.5 Å². The highest BCUT2D eigenvalue weighted by molar-refractivity contribution is 6.34. The van der Waals surface area contributed by atoms with Crippen LogP contribution in [0.15, 0.2) is 12.1 Å². The maximum Gasteiger partial charge on any atom is 0.340 e. The van der Waals surface area contributed by atoms with E-state index in [4.69, 9.17) is 22.1 Å². The van der Waals surface area contributed by atoms with Crippen LogP contribution in [0.4, 0.5) is 11.4 Å². The van der Waals surface area contributed by atoms with Crippen LogP contribution in [-0.2, 0) is 4.74 Å². The van der Waals surface area contributed by atoms with Crippen molar-refractivity contribution in [1.82, 2.24) is 0 Å². The Bertz CT molecular complexity index is 459. The largest absolute Gasteiger partial charge is 0.462 e. The molecule has 98 valence electrons. The Balaban J connectivity index is 2.24. The Morgan fingerprint density at radius 2 is 2.28 bits per heavy atom. The van der Waals surface area contributed by atoms with Gasteiger partial charge in [-0.3, -0.25) is 0 Å². The van der Waals surface area contributed by atoms with Crippen molar-refractivity contribution in [2.75, 3.05) is 24.2 Å². The van der Waals surface area contributed by atoms with Crippen molar-refractivity contribution in [1.29, 1.82) is 0 Å². The van der Waals surface area contributed by atoms with Crippen molar-refractivity contribution < 1.29 is 9.53 Å². The zero-order valence-corrected chi connectivity index (χ0v) is 11.1. The number of hydrogen-bond acceptors (Lipinski definition) is 4. The summed E-state index contributed by atoms with van der Waals surface area (Å²) in [4.78, 5) is 11.9. The van der Waals surface area contributed by atoms with E-state index in [-0.39, 0.29) is 0 Å². The second-order valence-corrected chi connectivity index (χ2v) is 4.88. The van der Waals surface area contributed by atoms with Gasteiger partial charge in [-0.05, 0) is 37.8 Å². The van der Waals surface area contributed by atoms with Crippen molar-refractivity contribution in [3.63, 3.8) is 0 Å². The summed E-state index contributed by atoms with van der Waals surface area (Å²) < 4.78 is 5.01. The first-order valence-corrected chi connectivity index (χ1v) is 6.49. The molecule has 1 fully saturated rings. The van der Waals surface area contributed by atoms with E-state index >= 15 is 0 Å². The highest BCUT2D eigenvalue weighted by Gasteiger charge is 2.23. The zero-order chi connectivity index (χ0) is 13.1. The SMILES string of the molecule is CCOC(=O)c1cc(N)cc(Cl)c1NCC1CC1. The zero-order valence-electron chi connectivity index (χ0n) is 10.3. The minimum atomic E-state index is -0.398. The van der Waals surface area contributed by atoms with Crippen LogP contribution in [0, 0.1) is 5.92 Å². The molecule has 0 heterocycles. The molecule has 0 radical (unpaired) electrons. The first kappa shape index (κ1) is 13.0. The molecule has 4 nitrogen and oxygen atoms in total. The Kier molecular flexibility index (Phi) is 3.97. The van der Waals surface area contributed by atoms with Crippen LogP contribution in [0.25, 0.3) is 0 Å². The van der Waals surface area contributed by atoms with Crippen LogP contribution in [0.5, 0.6) is 0 Å². The van der Waals surface area contributed by atoms with Crippen molar-refractivity contribution in [3.05, 3.63) is 22.7 Å². The monoisotopic (exact) mass is 268 g/mol. The fraction of sp³-hybridized carbons (Fsp3) is 0.462. The molecule has 2 rings (SSSR count). The molecule has 1 aromatic rings. The van der Waals surface area contributed by atoms with Crippen LogP contribution in [0.1, 0.15) is 30.1 Å². The summed E-state index contributed by atoms with van der Waals surface area (Å²) in [5, 5.41) is 3.68. The molecule has 0 aromatic heterocycles. The molecule has 0 spiro atoms. The van der Waals surface area contributed by atoms with Gasteiger partial charge in [0.1, 0.15) is 0 Å². The fourth-order valence-electron chi connectivity index (χ4n) is 1.75. The molecule has 18 heavy (non-hydrogen) atoms. The predicted molar refractivity (Wildman–Crippen MR) is 73.0 cm³/mol. The first-order valence-electron chi connectivity index (χ1n) is 6.11. The number of carbonyl (C=O) groups excluding carboxylic acids is 1. The maximum absolute atomic E-state index is 11.9. The number of rotatable bonds is 5. The number of nitrogens with one attached hydrogen (secondary N) is 1. The molecule has 1 aliphatic carbocycles. The second-order valence-electron chi connectivity index (χ2n) is 4.47. The second kappa shape index (κ2) is 5.48. The number of anilines is 2. The summed E-state index contributed by atoms with van der Waals surface area (Å²) in [6.07, 6.45) is 2.46. The number of ether oxygens (including phenoxy) is 1. The third-order valence-corrected chi connectivity index (χ3v) is 3.17. The Labute approximate surface area is 111 Å². The molecule has 0 atom stereocenters. The quantitative estimate of drug-likeness (QED) is 0.637. The Hall–Kier alpha value is -1.42. The van der Waals surface area contributed by atoms with Crippen molar-refractivity contribution in [2.24, 2.45) is 5.92 Å². The lowest BCUT2D eigenvalue weighted by Gasteiger charge is -2.13. The van der Waals surface area contributed by atoms with Crippen molar-refractivity contribution in [2.45, 2.75) is 19.8 Å². The lowest BCUT2D eigenvalue weighted by atomic mass is 10.1. The van der Waals surface area contributed by atoms with Gasteiger partial charge < -0.3 is 15.8 Å².